The summed E-state index contributed by atoms with van der Waals surface area (Å²) >= 11 is 14.4. The van der Waals surface area contributed by atoms with Crippen LogP contribution in [0.25, 0.3) is 11.1 Å². The number of alkyl halides is 3. The van der Waals surface area contributed by atoms with Gasteiger partial charge in [0.15, 0.2) is 4.30 Å². The Hall–Kier alpha value is -2.32. The average molecular weight is 645 g/mol. The Kier molecular flexibility index (Phi) is 11.7. The van der Waals surface area contributed by atoms with E-state index in [1.165, 1.54) is 21.5 Å². The van der Waals surface area contributed by atoms with Gasteiger partial charge in [-0.15, -0.1) is 0 Å². The van der Waals surface area contributed by atoms with E-state index < -0.39 is 11.6 Å². The van der Waals surface area contributed by atoms with Gasteiger partial charge in [-0.2, -0.15) is 0 Å². The van der Waals surface area contributed by atoms with Crippen LogP contribution >= 0.6 is 42.1 Å². The van der Waals surface area contributed by atoms with Crippen LogP contribution in [0.5, 0.6) is 5.75 Å². The Balaban J connectivity index is 0.000000749. The number of phenolic OH excluding ortho intramolecular Hbond substituents is 1. The molecule has 0 aliphatic rings. The van der Waals surface area contributed by atoms with E-state index in [0.29, 0.717) is 5.75 Å². The lowest BCUT2D eigenvalue weighted by Crippen LogP contribution is -3.00. The molecule has 0 aliphatic carbocycles. The first-order valence-electron chi connectivity index (χ1n) is 11.9. The van der Waals surface area contributed by atoms with Crippen molar-refractivity contribution < 1.29 is 22.1 Å². The number of para-hydroxylation sites is 1. The number of halogens is 4. The quantitative estimate of drug-likeness (QED) is 0.190. The SMILES string of the molecule is ClC(Cl)Cl.Oc1ccccc1-c1ccccc1C[P+](c1ccccc1)(c1ccccc1)c1ccccc1.[Br-]. The summed E-state index contributed by atoms with van der Waals surface area (Å²) in [4.78, 5) is 0. The molecule has 0 aromatic heterocycles. The van der Waals surface area contributed by atoms with Gasteiger partial charge < -0.3 is 22.1 Å². The smallest absolute Gasteiger partial charge is 0.180 e. The fourth-order valence-corrected chi connectivity index (χ4v) is 8.92. The number of phenols is 1. The summed E-state index contributed by atoms with van der Waals surface area (Å²) in [6.45, 7) is 0. The Morgan fingerprint density at radius 2 is 0.842 bits per heavy atom. The third-order valence-corrected chi connectivity index (χ3v) is 10.6. The highest BCUT2D eigenvalue weighted by atomic mass is 79.9. The second kappa shape index (κ2) is 14.7. The molecule has 0 aliphatic heterocycles. The summed E-state index contributed by atoms with van der Waals surface area (Å²) in [7, 11) is -2.02. The van der Waals surface area contributed by atoms with Crippen molar-refractivity contribution in [1.29, 1.82) is 0 Å². The van der Waals surface area contributed by atoms with Gasteiger partial charge in [-0.1, -0.05) is 132 Å². The minimum Gasteiger partial charge on any atom is -1.00 e. The summed E-state index contributed by atoms with van der Waals surface area (Å²) in [5.41, 5.74) is 3.20. The number of hydrogen-bond donors (Lipinski definition) is 1. The molecule has 1 N–H and O–H groups in total. The molecule has 6 heteroatoms. The molecule has 0 saturated heterocycles. The molecule has 0 saturated carbocycles. The lowest BCUT2D eigenvalue weighted by molar-refractivity contribution is -0.00000793. The second-order valence-electron chi connectivity index (χ2n) is 8.40. The van der Waals surface area contributed by atoms with E-state index in [9.17, 15) is 5.11 Å². The van der Waals surface area contributed by atoms with Crippen LogP contribution in [0.1, 0.15) is 5.56 Å². The van der Waals surface area contributed by atoms with E-state index in [1.54, 1.807) is 6.07 Å². The Labute approximate surface area is 251 Å². The van der Waals surface area contributed by atoms with E-state index in [-0.39, 0.29) is 17.0 Å². The Bertz CT molecular complexity index is 1300. The molecule has 0 amide bonds. The van der Waals surface area contributed by atoms with E-state index >= 15 is 0 Å². The van der Waals surface area contributed by atoms with E-state index in [1.807, 2.05) is 18.2 Å². The molecule has 0 unspecified atom stereocenters. The van der Waals surface area contributed by atoms with Crippen molar-refractivity contribution in [3.63, 3.8) is 0 Å². The topological polar surface area (TPSA) is 20.2 Å². The van der Waals surface area contributed by atoms with Gasteiger partial charge in [-0.05, 0) is 53.6 Å². The maximum atomic E-state index is 10.6. The maximum absolute atomic E-state index is 10.6. The van der Waals surface area contributed by atoms with Crippen molar-refractivity contribution in [2.45, 2.75) is 10.5 Å². The fourth-order valence-electron chi connectivity index (χ4n) is 4.65. The zero-order valence-corrected chi connectivity index (χ0v) is 25.2. The van der Waals surface area contributed by atoms with Gasteiger partial charge in [0.25, 0.3) is 0 Å². The first-order valence-corrected chi connectivity index (χ1v) is 15.1. The van der Waals surface area contributed by atoms with E-state index in [2.05, 4.69) is 115 Å². The molecule has 194 valence electrons. The number of benzene rings is 5. The van der Waals surface area contributed by atoms with Crippen LogP contribution in [-0.4, -0.2) is 9.40 Å². The molecule has 5 rings (SSSR count). The van der Waals surface area contributed by atoms with E-state index in [0.717, 1.165) is 17.3 Å². The molecular formula is C32H27BrCl3OP. The van der Waals surface area contributed by atoms with Crippen molar-refractivity contribution in [2.75, 3.05) is 0 Å². The summed E-state index contributed by atoms with van der Waals surface area (Å²) in [5.74, 6) is 0.313. The Morgan fingerprint density at radius 3 is 1.26 bits per heavy atom. The number of hydrogen-bond acceptors (Lipinski definition) is 1. The molecule has 0 atom stereocenters. The summed E-state index contributed by atoms with van der Waals surface area (Å²) in [5, 5.41) is 14.7. The average Bonchev–Trinajstić information content (AvgIpc) is 2.93. The van der Waals surface area contributed by atoms with Crippen molar-refractivity contribution in [2.24, 2.45) is 0 Å². The van der Waals surface area contributed by atoms with Gasteiger partial charge >= 0.3 is 0 Å². The van der Waals surface area contributed by atoms with Gasteiger partial charge in [0.1, 0.15) is 28.9 Å². The zero-order chi connectivity index (χ0) is 26.1. The van der Waals surface area contributed by atoms with Crippen LogP contribution in [0, 0.1) is 0 Å². The summed E-state index contributed by atoms with van der Waals surface area (Å²) in [6.07, 6.45) is 0.871. The lowest BCUT2D eigenvalue weighted by atomic mass is 10.00. The predicted molar refractivity (Wildman–Crippen MR) is 164 cm³/mol. The molecule has 0 radical (unpaired) electrons. The first-order chi connectivity index (χ1) is 18.0. The molecule has 0 spiro atoms. The zero-order valence-electron chi connectivity index (χ0n) is 20.5. The largest absolute Gasteiger partial charge is 1.00 e. The minimum absolute atomic E-state index is 0. The van der Waals surface area contributed by atoms with Crippen molar-refractivity contribution >= 4 is 58.0 Å². The molecule has 0 fully saturated rings. The molecule has 0 bridgehead atoms. The predicted octanol–water partition coefficient (Wildman–Crippen LogP) is 5.54. The highest BCUT2D eigenvalue weighted by Gasteiger charge is 2.45. The monoisotopic (exact) mass is 642 g/mol. The number of rotatable bonds is 6. The van der Waals surface area contributed by atoms with Crippen LogP contribution in [0.2, 0.25) is 0 Å². The number of aromatic hydroxyl groups is 1. The van der Waals surface area contributed by atoms with Crippen LogP contribution in [-0.2, 0) is 6.16 Å². The van der Waals surface area contributed by atoms with Gasteiger partial charge in [0, 0.05) is 5.56 Å². The maximum Gasteiger partial charge on any atom is 0.180 e. The molecule has 5 aromatic rings. The van der Waals surface area contributed by atoms with Crippen LogP contribution in [0.3, 0.4) is 0 Å². The summed E-state index contributed by atoms with van der Waals surface area (Å²) < 4.78 is -0.750. The van der Waals surface area contributed by atoms with Crippen LogP contribution in [0.4, 0.5) is 0 Å². The van der Waals surface area contributed by atoms with Gasteiger partial charge in [-0.3, -0.25) is 0 Å². The van der Waals surface area contributed by atoms with Crippen molar-refractivity contribution in [1.82, 2.24) is 0 Å². The molecule has 1 nitrogen and oxygen atoms in total. The van der Waals surface area contributed by atoms with Crippen molar-refractivity contribution in [3.05, 3.63) is 145 Å². The highest BCUT2D eigenvalue weighted by Crippen LogP contribution is 2.59. The standard InChI is InChI=1S/C31H25OP.CHCl3.BrH/c32-31-23-13-12-22-30(31)29-21-11-10-14-25(29)24-33(26-15-4-1-5-16-26,27-17-6-2-7-18-27)28-19-8-3-9-20-28;2-1(3)4;/h1-23H,24H2;1H;1H. The third kappa shape index (κ3) is 7.20. The van der Waals surface area contributed by atoms with Gasteiger partial charge in [-0.25, -0.2) is 0 Å². The third-order valence-electron chi connectivity index (χ3n) is 6.21. The Morgan fingerprint density at radius 1 is 0.500 bits per heavy atom. The highest BCUT2D eigenvalue weighted by molar-refractivity contribution is 7.95. The second-order valence-corrected chi connectivity index (χ2v) is 13.9. The van der Waals surface area contributed by atoms with Gasteiger partial charge in [0.2, 0.25) is 0 Å². The normalized spacial score (nSPS) is 10.7. The molecule has 38 heavy (non-hydrogen) atoms. The minimum atomic E-state index is -2.02. The van der Waals surface area contributed by atoms with E-state index in [4.69, 9.17) is 34.8 Å². The van der Waals surface area contributed by atoms with Crippen LogP contribution in [0.15, 0.2) is 140 Å². The fraction of sp³-hybridized carbons (Fsp3) is 0.0625. The molecular weight excluding hydrogens is 618 g/mol. The van der Waals surface area contributed by atoms with Gasteiger partial charge in [0.05, 0.1) is 6.16 Å². The lowest BCUT2D eigenvalue weighted by Gasteiger charge is -2.28. The summed E-state index contributed by atoms with van der Waals surface area (Å²) in [6, 6.07) is 48.9. The molecule has 5 aromatic carbocycles. The van der Waals surface area contributed by atoms with Crippen molar-refractivity contribution in [3.8, 4) is 16.9 Å². The molecule has 0 heterocycles. The first kappa shape index (κ1) is 30.2. The van der Waals surface area contributed by atoms with Crippen LogP contribution < -0.4 is 32.9 Å².